The molecular formula is C19H22N2O5. The maximum Gasteiger partial charge on any atom is 0.336 e. The second-order valence-corrected chi connectivity index (χ2v) is 6.53. The normalized spacial score (nSPS) is 18.4. The number of ether oxygens (including phenoxy) is 1. The van der Waals surface area contributed by atoms with Gasteiger partial charge >= 0.3 is 11.9 Å². The van der Waals surface area contributed by atoms with Gasteiger partial charge in [0, 0.05) is 11.4 Å². The van der Waals surface area contributed by atoms with Crippen LogP contribution in [0, 0.1) is 23.2 Å². The number of dihydropyridines is 1. The lowest BCUT2D eigenvalue weighted by atomic mass is 9.83. The number of carboxylic acids is 1. The van der Waals surface area contributed by atoms with Crippen molar-refractivity contribution in [2.24, 2.45) is 11.8 Å². The first-order valence-electron chi connectivity index (χ1n) is 8.29. The Hall–Kier alpha value is -3.01. The van der Waals surface area contributed by atoms with Crippen LogP contribution in [0.5, 0.6) is 0 Å². The van der Waals surface area contributed by atoms with Gasteiger partial charge in [-0.05, 0) is 31.9 Å². The van der Waals surface area contributed by atoms with Crippen LogP contribution < -0.4 is 5.32 Å². The standard InChI is InChI=1S/C19H22N2O5/c1-10(2)13(8-20)9-26-19(24)16-12(4)21-11(3)15(18(22)23)17(16)14-6-5-7-25-14/h5-7,10,13,17,21H,9H2,1-4H3,(H,22,23). The summed E-state index contributed by atoms with van der Waals surface area (Å²) in [6.45, 7) is 7.00. The third-order valence-corrected chi connectivity index (χ3v) is 4.40. The highest BCUT2D eigenvalue weighted by Crippen LogP contribution is 2.38. The van der Waals surface area contributed by atoms with Crippen molar-refractivity contribution in [3.05, 3.63) is 46.7 Å². The quantitative estimate of drug-likeness (QED) is 0.752. The summed E-state index contributed by atoms with van der Waals surface area (Å²) in [5, 5.41) is 21.7. The summed E-state index contributed by atoms with van der Waals surface area (Å²) < 4.78 is 10.7. The van der Waals surface area contributed by atoms with Crippen molar-refractivity contribution in [3.8, 4) is 6.07 Å². The molecule has 7 heteroatoms. The molecule has 0 aromatic carbocycles. The number of esters is 1. The Morgan fingerprint density at radius 2 is 2.00 bits per heavy atom. The third-order valence-electron chi connectivity index (χ3n) is 4.40. The highest BCUT2D eigenvalue weighted by molar-refractivity contribution is 5.98. The van der Waals surface area contributed by atoms with Gasteiger partial charge in [0.2, 0.25) is 0 Å². The zero-order chi connectivity index (χ0) is 19.4. The van der Waals surface area contributed by atoms with E-state index < -0.39 is 23.8 Å². The first kappa shape index (κ1) is 19.3. The smallest absolute Gasteiger partial charge is 0.336 e. The van der Waals surface area contributed by atoms with Gasteiger partial charge in [-0.25, -0.2) is 9.59 Å². The van der Waals surface area contributed by atoms with E-state index in [1.54, 1.807) is 26.0 Å². The summed E-state index contributed by atoms with van der Waals surface area (Å²) in [4.78, 5) is 24.5. The number of carbonyl (C=O) groups is 2. The molecule has 2 atom stereocenters. The highest BCUT2D eigenvalue weighted by Gasteiger charge is 2.39. The van der Waals surface area contributed by atoms with Gasteiger partial charge in [0.05, 0.1) is 35.3 Å². The van der Waals surface area contributed by atoms with Crippen LogP contribution in [-0.4, -0.2) is 23.7 Å². The fourth-order valence-corrected chi connectivity index (χ4v) is 2.91. The fourth-order valence-electron chi connectivity index (χ4n) is 2.91. The van der Waals surface area contributed by atoms with Gasteiger partial charge in [-0.2, -0.15) is 5.26 Å². The van der Waals surface area contributed by atoms with Crippen LogP contribution in [0.4, 0.5) is 0 Å². The molecular weight excluding hydrogens is 336 g/mol. The number of hydrogen-bond donors (Lipinski definition) is 2. The molecule has 2 N–H and O–H groups in total. The van der Waals surface area contributed by atoms with Crippen LogP contribution >= 0.6 is 0 Å². The molecule has 1 aliphatic heterocycles. The van der Waals surface area contributed by atoms with E-state index in [2.05, 4.69) is 11.4 Å². The summed E-state index contributed by atoms with van der Waals surface area (Å²) in [5.41, 5.74) is 1.13. The number of nitriles is 1. The molecule has 1 aliphatic rings. The van der Waals surface area contributed by atoms with Crippen LogP contribution in [0.15, 0.2) is 45.4 Å². The van der Waals surface area contributed by atoms with Gasteiger partial charge in [-0.15, -0.1) is 0 Å². The number of carbonyl (C=O) groups excluding carboxylic acids is 1. The second kappa shape index (κ2) is 7.91. The Bertz CT molecular complexity index is 796. The van der Waals surface area contributed by atoms with Crippen molar-refractivity contribution in [1.82, 2.24) is 5.32 Å². The van der Waals surface area contributed by atoms with Gasteiger partial charge < -0.3 is 19.6 Å². The average molecular weight is 358 g/mol. The van der Waals surface area contributed by atoms with Crippen LogP contribution in [0.3, 0.4) is 0 Å². The topological polar surface area (TPSA) is 113 Å². The molecule has 7 nitrogen and oxygen atoms in total. The van der Waals surface area contributed by atoms with E-state index in [1.165, 1.54) is 6.26 Å². The van der Waals surface area contributed by atoms with Gasteiger partial charge in [0.25, 0.3) is 0 Å². The van der Waals surface area contributed by atoms with Crippen molar-refractivity contribution < 1.29 is 23.8 Å². The van der Waals surface area contributed by atoms with Crippen molar-refractivity contribution in [3.63, 3.8) is 0 Å². The maximum absolute atomic E-state index is 12.7. The molecule has 26 heavy (non-hydrogen) atoms. The monoisotopic (exact) mass is 358 g/mol. The van der Waals surface area contributed by atoms with Gasteiger partial charge in [0.15, 0.2) is 0 Å². The van der Waals surface area contributed by atoms with E-state index >= 15 is 0 Å². The maximum atomic E-state index is 12.7. The molecule has 0 fully saturated rings. The average Bonchev–Trinajstić information content (AvgIpc) is 3.07. The first-order valence-corrected chi connectivity index (χ1v) is 8.29. The largest absolute Gasteiger partial charge is 0.478 e. The third kappa shape index (κ3) is 3.80. The van der Waals surface area contributed by atoms with E-state index in [9.17, 15) is 14.7 Å². The molecule has 0 aliphatic carbocycles. The molecule has 138 valence electrons. The summed E-state index contributed by atoms with van der Waals surface area (Å²) in [7, 11) is 0. The van der Waals surface area contributed by atoms with Crippen LogP contribution in [0.1, 0.15) is 39.4 Å². The predicted octanol–water partition coefficient (Wildman–Crippen LogP) is 2.94. The Kier molecular flexibility index (Phi) is 5.88. The van der Waals surface area contributed by atoms with Crippen molar-refractivity contribution in [2.75, 3.05) is 6.61 Å². The summed E-state index contributed by atoms with van der Waals surface area (Å²) >= 11 is 0. The van der Waals surface area contributed by atoms with Crippen molar-refractivity contribution >= 4 is 11.9 Å². The highest BCUT2D eigenvalue weighted by atomic mass is 16.5. The Morgan fingerprint density at radius 3 is 2.50 bits per heavy atom. The molecule has 0 amide bonds. The van der Waals surface area contributed by atoms with Crippen molar-refractivity contribution in [2.45, 2.75) is 33.6 Å². The predicted molar refractivity (Wildman–Crippen MR) is 92.5 cm³/mol. The Balaban J connectivity index is 2.38. The summed E-state index contributed by atoms with van der Waals surface area (Å²) in [5.74, 6) is -2.75. The number of aliphatic carboxylic acids is 1. The van der Waals surface area contributed by atoms with E-state index in [4.69, 9.17) is 14.4 Å². The number of hydrogen-bond acceptors (Lipinski definition) is 6. The molecule has 0 saturated heterocycles. The molecule has 1 aromatic rings. The summed E-state index contributed by atoms with van der Waals surface area (Å²) in [6.07, 6.45) is 1.43. The number of nitrogens with one attached hydrogen (secondary N) is 1. The molecule has 0 spiro atoms. The molecule has 0 radical (unpaired) electrons. The second-order valence-electron chi connectivity index (χ2n) is 6.53. The minimum atomic E-state index is -1.15. The zero-order valence-electron chi connectivity index (χ0n) is 15.2. The first-order chi connectivity index (χ1) is 12.3. The fraction of sp³-hybridized carbons (Fsp3) is 0.421. The molecule has 0 saturated carbocycles. The number of furan rings is 1. The van der Waals surface area contributed by atoms with Crippen LogP contribution in [-0.2, 0) is 14.3 Å². The Labute approximate surface area is 151 Å². The molecule has 1 aromatic heterocycles. The van der Waals surface area contributed by atoms with E-state index in [0.717, 1.165) is 0 Å². The zero-order valence-corrected chi connectivity index (χ0v) is 15.2. The number of rotatable bonds is 6. The van der Waals surface area contributed by atoms with Crippen molar-refractivity contribution in [1.29, 1.82) is 5.26 Å². The lowest BCUT2D eigenvalue weighted by molar-refractivity contribution is -0.140. The lowest BCUT2D eigenvalue weighted by Gasteiger charge is -2.28. The lowest BCUT2D eigenvalue weighted by Crippen LogP contribution is -2.32. The number of allylic oxidation sites excluding steroid dienone is 2. The van der Waals surface area contributed by atoms with Crippen LogP contribution in [0.25, 0.3) is 0 Å². The van der Waals surface area contributed by atoms with Gasteiger partial charge in [-0.3, -0.25) is 0 Å². The van der Waals surface area contributed by atoms with Crippen LogP contribution in [0.2, 0.25) is 0 Å². The molecule has 2 heterocycles. The molecule has 0 bridgehead atoms. The summed E-state index contributed by atoms with van der Waals surface area (Å²) in [6, 6.07) is 5.37. The van der Waals surface area contributed by atoms with Gasteiger partial charge in [-0.1, -0.05) is 13.8 Å². The molecule has 2 unspecified atom stereocenters. The van der Waals surface area contributed by atoms with E-state index in [0.29, 0.717) is 17.2 Å². The number of carboxylic acid groups (broad SMARTS) is 1. The van der Waals surface area contributed by atoms with E-state index in [-0.39, 0.29) is 23.7 Å². The Morgan fingerprint density at radius 1 is 1.35 bits per heavy atom. The number of nitrogens with zero attached hydrogens (tertiary/aromatic N) is 1. The minimum absolute atomic E-state index is 0.0261. The minimum Gasteiger partial charge on any atom is -0.478 e. The van der Waals surface area contributed by atoms with E-state index in [1.807, 2.05) is 13.8 Å². The molecule has 2 rings (SSSR count). The van der Waals surface area contributed by atoms with Gasteiger partial charge in [0.1, 0.15) is 12.4 Å². The SMILES string of the molecule is CC1=C(C(=O)O)C(c2ccco2)C(C(=O)OCC(C#N)C(C)C)=C(C)N1.